The smallest absolute Gasteiger partial charge is 0.159 e. The largest absolute Gasteiger partial charge is 0.309 e. The molecule has 5 nitrogen and oxygen atoms in total. The third-order valence-corrected chi connectivity index (χ3v) is 11.9. The topological polar surface area (TPSA) is 40.6 Å². The lowest BCUT2D eigenvalue weighted by atomic mass is 10.0. The predicted octanol–water partition coefficient (Wildman–Crippen LogP) is 12.1. The lowest BCUT2D eigenvalue weighted by Gasteiger charge is -2.11. The molecule has 52 heavy (non-hydrogen) atoms. The summed E-state index contributed by atoms with van der Waals surface area (Å²) in [5.74, 6) is 0.902. The molecule has 0 aliphatic heterocycles. The van der Waals surface area contributed by atoms with Crippen LogP contribution in [-0.4, -0.2) is 23.7 Å². The van der Waals surface area contributed by atoms with Gasteiger partial charge in [0.2, 0.25) is 0 Å². The van der Waals surface area contributed by atoms with Gasteiger partial charge >= 0.3 is 0 Å². The molecule has 12 aromatic rings. The molecule has 7 aromatic carbocycles. The lowest BCUT2D eigenvalue weighted by Crippen LogP contribution is -1.98. The van der Waals surface area contributed by atoms with E-state index in [4.69, 9.17) is 9.97 Å². The molecular formula is C46H27N5S. The lowest BCUT2D eigenvalue weighted by molar-refractivity contribution is 1.08. The summed E-state index contributed by atoms with van der Waals surface area (Å²) >= 11 is 1.81. The number of hydrogen-bond donors (Lipinski definition) is 0. The SMILES string of the molecule is c1ccc(-n2c3ccccc3c3c2c2sc4c(-n5c6ccccc6c6ccccc65)ncnc4c2c2c4ccccc4n(-c4ccccc4)c23)cc1. The average Bonchev–Trinajstić information content (AvgIpc) is 3.95. The highest BCUT2D eigenvalue weighted by Gasteiger charge is 2.28. The highest BCUT2D eigenvalue weighted by molar-refractivity contribution is 7.27. The van der Waals surface area contributed by atoms with E-state index in [1.165, 1.54) is 59.1 Å². The molecule has 0 fully saturated rings. The fraction of sp³-hybridized carbons (Fsp3) is 0. The van der Waals surface area contributed by atoms with Crippen LogP contribution in [0.1, 0.15) is 0 Å². The van der Waals surface area contributed by atoms with Gasteiger partial charge in [-0.25, -0.2) is 9.97 Å². The maximum Gasteiger partial charge on any atom is 0.159 e. The first-order valence-electron chi connectivity index (χ1n) is 17.5. The number of nitrogens with zero attached hydrogens (tertiary/aromatic N) is 5. The van der Waals surface area contributed by atoms with E-state index in [2.05, 4.69) is 171 Å². The summed E-state index contributed by atoms with van der Waals surface area (Å²) in [5.41, 5.74) is 10.2. The van der Waals surface area contributed by atoms with Crippen molar-refractivity contribution in [2.24, 2.45) is 0 Å². The molecule has 0 atom stereocenters. The summed E-state index contributed by atoms with van der Waals surface area (Å²) in [4.78, 5) is 10.3. The Morgan fingerprint density at radius 2 is 0.827 bits per heavy atom. The molecule has 0 radical (unpaired) electrons. The molecule has 0 aliphatic carbocycles. The van der Waals surface area contributed by atoms with Crippen molar-refractivity contribution < 1.29 is 0 Å². The molecule has 0 saturated heterocycles. The van der Waals surface area contributed by atoms with E-state index in [9.17, 15) is 0 Å². The minimum absolute atomic E-state index is 0.902. The van der Waals surface area contributed by atoms with Crippen molar-refractivity contribution in [3.05, 3.63) is 164 Å². The molecule has 0 unspecified atom stereocenters. The second kappa shape index (κ2) is 10.4. The third kappa shape index (κ3) is 3.56. The number of fused-ring (bicyclic) bond motifs is 15. The van der Waals surface area contributed by atoms with Gasteiger partial charge in [-0.05, 0) is 48.5 Å². The maximum atomic E-state index is 5.17. The monoisotopic (exact) mass is 681 g/mol. The quantitative estimate of drug-likeness (QED) is 0.186. The minimum Gasteiger partial charge on any atom is -0.309 e. The Kier molecular flexibility index (Phi) is 5.59. The van der Waals surface area contributed by atoms with Crippen molar-refractivity contribution in [2.45, 2.75) is 0 Å². The summed E-state index contributed by atoms with van der Waals surface area (Å²) in [7, 11) is 0. The van der Waals surface area contributed by atoms with E-state index in [0.717, 1.165) is 43.8 Å². The second-order valence-electron chi connectivity index (χ2n) is 13.4. The van der Waals surface area contributed by atoms with Crippen molar-refractivity contribution in [1.29, 1.82) is 0 Å². The van der Waals surface area contributed by atoms with Gasteiger partial charge in [0.05, 0.1) is 48.0 Å². The van der Waals surface area contributed by atoms with Crippen molar-refractivity contribution in [1.82, 2.24) is 23.7 Å². The zero-order valence-corrected chi connectivity index (χ0v) is 28.5. The van der Waals surface area contributed by atoms with Gasteiger partial charge in [0.15, 0.2) is 5.82 Å². The molecular weight excluding hydrogens is 655 g/mol. The highest BCUT2D eigenvalue weighted by atomic mass is 32.1. The normalized spacial score (nSPS) is 12.2. The Labute approximate surface area is 300 Å². The van der Waals surface area contributed by atoms with Gasteiger partial charge in [0, 0.05) is 49.1 Å². The molecule has 0 aliphatic rings. The van der Waals surface area contributed by atoms with E-state index >= 15 is 0 Å². The van der Waals surface area contributed by atoms with Crippen LogP contribution in [0, 0.1) is 0 Å². The molecule has 6 heteroatoms. The zero-order chi connectivity index (χ0) is 33.9. The number of thiophene rings is 1. The van der Waals surface area contributed by atoms with Crippen molar-refractivity contribution in [3.8, 4) is 17.2 Å². The van der Waals surface area contributed by atoms with E-state index in [0.29, 0.717) is 0 Å². The number of rotatable bonds is 3. The van der Waals surface area contributed by atoms with E-state index in [1.807, 2.05) is 11.3 Å². The van der Waals surface area contributed by atoms with Gasteiger partial charge in [0.25, 0.3) is 0 Å². The van der Waals surface area contributed by atoms with Crippen molar-refractivity contribution >= 4 is 97.1 Å². The molecule has 5 aromatic heterocycles. The summed E-state index contributed by atoms with van der Waals surface area (Å²) < 4.78 is 9.53. The van der Waals surface area contributed by atoms with Crippen LogP contribution >= 0.6 is 11.3 Å². The Morgan fingerprint density at radius 1 is 0.365 bits per heavy atom. The molecule has 0 saturated carbocycles. The highest BCUT2D eigenvalue weighted by Crippen LogP contribution is 2.51. The molecule has 0 spiro atoms. The van der Waals surface area contributed by atoms with Gasteiger partial charge < -0.3 is 9.13 Å². The standard InChI is InChI=1S/C46H27N5S/c1-3-15-28(16-4-1)49-36-25-13-9-21-32(36)38-40-41-45(46(48-27-47-41)51-34-23-11-7-19-30(34)31-20-8-12-24-35(31)51)52-44(40)43-39(42(38)49)33-22-10-14-26-37(33)50(43)29-17-5-2-6-18-29/h1-27H. The van der Waals surface area contributed by atoms with E-state index in [-0.39, 0.29) is 0 Å². The molecule has 242 valence electrons. The van der Waals surface area contributed by atoms with Crippen molar-refractivity contribution in [3.63, 3.8) is 0 Å². The Bertz CT molecular complexity index is 3350. The Morgan fingerprint density at radius 3 is 1.40 bits per heavy atom. The van der Waals surface area contributed by atoms with E-state index in [1.54, 1.807) is 6.33 Å². The van der Waals surface area contributed by atoms with Crippen LogP contribution in [0.4, 0.5) is 0 Å². The first kappa shape index (κ1) is 28.0. The zero-order valence-electron chi connectivity index (χ0n) is 27.7. The first-order chi connectivity index (χ1) is 25.9. The van der Waals surface area contributed by atoms with E-state index < -0.39 is 0 Å². The number of benzene rings is 7. The summed E-state index contributed by atoms with van der Waals surface area (Å²) in [6.45, 7) is 0. The number of hydrogen-bond acceptors (Lipinski definition) is 3. The number of para-hydroxylation sites is 6. The molecule has 0 amide bonds. The molecule has 5 heterocycles. The van der Waals surface area contributed by atoms with Crippen molar-refractivity contribution in [2.75, 3.05) is 0 Å². The summed E-state index contributed by atoms with van der Waals surface area (Å²) in [6.07, 6.45) is 1.76. The van der Waals surface area contributed by atoms with Crippen LogP contribution < -0.4 is 0 Å². The first-order valence-corrected chi connectivity index (χ1v) is 18.3. The third-order valence-electron chi connectivity index (χ3n) is 10.7. The van der Waals surface area contributed by atoms with Crippen LogP contribution in [0.2, 0.25) is 0 Å². The fourth-order valence-electron chi connectivity index (χ4n) is 8.72. The Hall–Kier alpha value is -6.76. The molecule has 0 N–H and O–H groups in total. The minimum atomic E-state index is 0.902. The molecule has 12 rings (SSSR count). The maximum absolute atomic E-state index is 5.17. The van der Waals surface area contributed by atoms with Crippen LogP contribution in [0.25, 0.3) is 103 Å². The van der Waals surface area contributed by atoms with Crippen LogP contribution in [0.3, 0.4) is 0 Å². The van der Waals surface area contributed by atoms with Gasteiger partial charge in [-0.2, -0.15) is 0 Å². The summed E-state index contributed by atoms with van der Waals surface area (Å²) in [6, 6.07) is 56.5. The van der Waals surface area contributed by atoms with Gasteiger partial charge in [-0.15, -0.1) is 11.3 Å². The fourth-order valence-corrected chi connectivity index (χ4v) is 10.0. The molecule has 0 bridgehead atoms. The van der Waals surface area contributed by atoms with Crippen LogP contribution in [0.5, 0.6) is 0 Å². The second-order valence-corrected chi connectivity index (χ2v) is 14.4. The van der Waals surface area contributed by atoms with Crippen LogP contribution in [0.15, 0.2) is 164 Å². The van der Waals surface area contributed by atoms with Gasteiger partial charge in [-0.3, -0.25) is 4.57 Å². The predicted molar refractivity (Wildman–Crippen MR) is 218 cm³/mol. The average molecular weight is 682 g/mol. The van der Waals surface area contributed by atoms with Crippen LogP contribution in [-0.2, 0) is 0 Å². The Balaban J connectivity index is 1.38. The summed E-state index contributed by atoms with van der Waals surface area (Å²) in [5, 5.41) is 8.48. The van der Waals surface area contributed by atoms with Gasteiger partial charge in [0.1, 0.15) is 6.33 Å². The van der Waals surface area contributed by atoms with Gasteiger partial charge in [-0.1, -0.05) is 109 Å². The number of aromatic nitrogens is 5.